The van der Waals surface area contributed by atoms with Gasteiger partial charge >= 0.3 is 5.97 Å². The highest BCUT2D eigenvalue weighted by molar-refractivity contribution is 7.10. The van der Waals surface area contributed by atoms with E-state index >= 15 is 0 Å². The van der Waals surface area contributed by atoms with Crippen LogP contribution in [0.5, 0.6) is 0 Å². The van der Waals surface area contributed by atoms with Crippen molar-refractivity contribution in [1.82, 2.24) is 15.5 Å². The average molecular weight is 381 g/mol. The Balaban J connectivity index is 1.85. The lowest BCUT2D eigenvalue weighted by Crippen LogP contribution is -2.38. The van der Waals surface area contributed by atoms with Gasteiger partial charge in [-0.2, -0.15) is 0 Å². The van der Waals surface area contributed by atoms with E-state index in [0.29, 0.717) is 12.5 Å². The summed E-state index contributed by atoms with van der Waals surface area (Å²) in [6.07, 6.45) is 4.78. The van der Waals surface area contributed by atoms with E-state index in [1.807, 2.05) is 11.3 Å². The normalized spacial score (nSPS) is 16.5. The van der Waals surface area contributed by atoms with Gasteiger partial charge in [0.1, 0.15) is 0 Å². The number of unbranched alkanes of at least 4 members (excludes halogenated alkanes) is 1. The number of guanidine groups is 1. The second-order valence-electron chi connectivity index (χ2n) is 6.45. The maximum Gasteiger partial charge on any atom is 0.305 e. The zero-order valence-corrected chi connectivity index (χ0v) is 16.8. The Morgan fingerprint density at radius 1 is 1.35 bits per heavy atom. The number of hydrogen-bond acceptors (Lipinski definition) is 5. The van der Waals surface area contributed by atoms with Gasteiger partial charge in [0.15, 0.2) is 5.96 Å². The van der Waals surface area contributed by atoms with Crippen LogP contribution in [-0.4, -0.2) is 56.7 Å². The highest BCUT2D eigenvalue weighted by Crippen LogP contribution is 2.28. The fraction of sp³-hybridized carbons (Fsp3) is 0.684. The predicted octanol–water partition coefficient (Wildman–Crippen LogP) is 2.78. The summed E-state index contributed by atoms with van der Waals surface area (Å²) in [6, 6.07) is 4.71. The lowest BCUT2D eigenvalue weighted by atomic mass is 10.2. The number of likely N-dealkylation sites (tertiary alicyclic amines) is 1. The molecule has 146 valence electrons. The van der Waals surface area contributed by atoms with Crippen LogP contribution in [0.2, 0.25) is 0 Å². The molecule has 26 heavy (non-hydrogen) atoms. The van der Waals surface area contributed by atoms with Crippen molar-refractivity contribution >= 4 is 23.3 Å². The van der Waals surface area contributed by atoms with Crippen molar-refractivity contribution < 1.29 is 9.53 Å². The van der Waals surface area contributed by atoms with E-state index in [0.717, 1.165) is 51.5 Å². The molecule has 2 N–H and O–H groups in total. The molecule has 2 heterocycles. The van der Waals surface area contributed by atoms with Crippen molar-refractivity contribution in [1.29, 1.82) is 0 Å². The number of rotatable bonds is 10. The molecule has 0 radical (unpaired) electrons. The standard InChI is InChI=1S/C19H32N4O2S/c1-3-20-19(21-11-5-4-10-18(24)25-2)22-15-16(17-9-8-14-26-17)23-12-6-7-13-23/h8-9,14,16H,3-7,10-13,15H2,1-2H3,(H2,20,21,22). The van der Waals surface area contributed by atoms with Gasteiger partial charge in [0.05, 0.1) is 19.7 Å². The molecule has 0 saturated carbocycles. The average Bonchev–Trinajstić information content (AvgIpc) is 3.35. The maximum atomic E-state index is 11.1. The predicted molar refractivity (Wildman–Crippen MR) is 108 cm³/mol. The van der Waals surface area contributed by atoms with Crippen molar-refractivity contribution in [2.45, 2.75) is 45.1 Å². The molecule has 2 rings (SSSR count). The third kappa shape index (κ3) is 6.96. The molecule has 7 heteroatoms. The van der Waals surface area contributed by atoms with Gasteiger partial charge in [0.2, 0.25) is 0 Å². The summed E-state index contributed by atoms with van der Waals surface area (Å²) in [5.41, 5.74) is 0. The Kier molecular flexibility index (Phi) is 9.48. The fourth-order valence-corrected chi connectivity index (χ4v) is 3.99. The van der Waals surface area contributed by atoms with E-state index in [1.165, 1.54) is 24.8 Å². The number of nitrogens with one attached hydrogen (secondary N) is 2. The second-order valence-corrected chi connectivity index (χ2v) is 7.43. The number of ether oxygens (including phenoxy) is 1. The van der Waals surface area contributed by atoms with E-state index in [4.69, 9.17) is 4.99 Å². The fourth-order valence-electron chi connectivity index (χ4n) is 3.14. The highest BCUT2D eigenvalue weighted by atomic mass is 32.1. The van der Waals surface area contributed by atoms with Crippen LogP contribution in [0, 0.1) is 0 Å². The van der Waals surface area contributed by atoms with E-state index in [-0.39, 0.29) is 5.97 Å². The third-order valence-corrected chi connectivity index (χ3v) is 5.52. The van der Waals surface area contributed by atoms with Gasteiger partial charge < -0.3 is 15.4 Å². The first-order valence-corrected chi connectivity index (χ1v) is 10.5. The van der Waals surface area contributed by atoms with E-state index < -0.39 is 0 Å². The SMILES string of the molecule is CCNC(=NCC(c1cccs1)N1CCCC1)NCCCCC(=O)OC. The van der Waals surface area contributed by atoms with Crippen LogP contribution in [0.1, 0.15) is 49.9 Å². The van der Waals surface area contributed by atoms with Gasteiger partial charge in [-0.1, -0.05) is 6.07 Å². The molecular formula is C19H32N4O2S. The number of thiophene rings is 1. The summed E-state index contributed by atoms with van der Waals surface area (Å²) in [5, 5.41) is 8.84. The molecule has 1 unspecified atom stereocenters. The topological polar surface area (TPSA) is 66.0 Å². The van der Waals surface area contributed by atoms with Crippen LogP contribution < -0.4 is 10.6 Å². The molecule has 1 aromatic rings. The number of aliphatic imine (C=N–C) groups is 1. The molecule has 0 bridgehead atoms. The minimum Gasteiger partial charge on any atom is -0.469 e. The lowest BCUT2D eigenvalue weighted by molar-refractivity contribution is -0.140. The van der Waals surface area contributed by atoms with Crippen molar-refractivity contribution in [3.63, 3.8) is 0 Å². The summed E-state index contributed by atoms with van der Waals surface area (Å²) >= 11 is 1.82. The van der Waals surface area contributed by atoms with Crippen molar-refractivity contribution in [2.75, 3.05) is 39.8 Å². The van der Waals surface area contributed by atoms with Gasteiger partial charge in [-0.25, -0.2) is 0 Å². The van der Waals surface area contributed by atoms with Gasteiger partial charge in [-0.15, -0.1) is 11.3 Å². The number of nitrogens with zero attached hydrogens (tertiary/aromatic N) is 2. The van der Waals surface area contributed by atoms with Crippen molar-refractivity contribution in [3.05, 3.63) is 22.4 Å². The second kappa shape index (κ2) is 11.9. The largest absolute Gasteiger partial charge is 0.469 e. The van der Waals surface area contributed by atoms with Crippen LogP contribution in [0.4, 0.5) is 0 Å². The number of esters is 1. The first-order chi connectivity index (χ1) is 12.7. The molecule has 6 nitrogen and oxygen atoms in total. The molecule has 0 amide bonds. The minimum absolute atomic E-state index is 0.144. The summed E-state index contributed by atoms with van der Waals surface area (Å²) in [6.45, 7) is 6.80. The van der Waals surface area contributed by atoms with Gasteiger partial charge in [0.25, 0.3) is 0 Å². The van der Waals surface area contributed by atoms with E-state index in [1.54, 1.807) is 0 Å². The summed E-state index contributed by atoms with van der Waals surface area (Å²) in [7, 11) is 1.43. The molecule has 1 fully saturated rings. The lowest BCUT2D eigenvalue weighted by Gasteiger charge is -2.25. The molecule has 0 aliphatic carbocycles. The molecule has 1 aliphatic rings. The quantitative estimate of drug-likeness (QED) is 0.283. The van der Waals surface area contributed by atoms with E-state index in [9.17, 15) is 4.79 Å². The Labute approximate surface area is 161 Å². The van der Waals surface area contributed by atoms with Crippen LogP contribution in [0.3, 0.4) is 0 Å². The number of carbonyl (C=O) groups is 1. The zero-order chi connectivity index (χ0) is 18.6. The molecule has 0 spiro atoms. The Morgan fingerprint density at radius 3 is 2.81 bits per heavy atom. The van der Waals surface area contributed by atoms with Crippen LogP contribution in [0.25, 0.3) is 0 Å². The van der Waals surface area contributed by atoms with Crippen LogP contribution >= 0.6 is 11.3 Å². The van der Waals surface area contributed by atoms with Gasteiger partial charge in [-0.05, 0) is 57.1 Å². The smallest absolute Gasteiger partial charge is 0.305 e. The first kappa shape index (κ1) is 20.7. The minimum atomic E-state index is -0.144. The highest BCUT2D eigenvalue weighted by Gasteiger charge is 2.24. The number of carbonyl (C=O) groups excluding carboxylic acids is 1. The number of methoxy groups -OCH3 is 1. The third-order valence-electron chi connectivity index (χ3n) is 4.55. The summed E-state index contributed by atoms with van der Waals surface area (Å²) < 4.78 is 4.67. The summed E-state index contributed by atoms with van der Waals surface area (Å²) in [5.74, 6) is 0.710. The van der Waals surface area contributed by atoms with Crippen molar-refractivity contribution in [2.24, 2.45) is 4.99 Å². The molecule has 1 aromatic heterocycles. The monoisotopic (exact) mass is 380 g/mol. The Morgan fingerprint density at radius 2 is 2.15 bits per heavy atom. The summed E-state index contributed by atoms with van der Waals surface area (Å²) in [4.78, 5) is 19.9. The zero-order valence-electron chi connectivity index (χ0n) is 16.0. The van der Waals surface area contributed by atoms with E-state index in [2.05, 4.69) is 44.7 Å². The molecule has 1 atom stereocenters. The van der Waals surface area contributed by atoms with Crippen LogP contribution in [0.15, 0.2) is 22.5 Å². The Hall–Kier alpha value is -1.60. The van der Waals surface area contributed by atoms with Crippen molar-refractivity contribution in [3.8, 4) is 0 Å². The molecule has 1 aliphatic heterocycles. The Bertz CT molecular complexity index is 542. The molecule has 1 saturated heterocycles. The van der Waals surface area contributed by atoms with Gasteiger partial charge in [0, 0.05) is 24.4 Å². The molecular weight excluding hydrogens is 348 g/mol. The maximum absolute atomic E-state index is 11.1. The first-order valence-electron chi connectivity index (χ1n) is 9.61. The van der Waals surface area contributed by atoms with Gasteiger partial charge in [-0.3, -0.25) is 14.7 Å². The molecule has 0 aromatic carbocycles. The van der Waals surface area contributed by atoms with Crippen LogP contribution in [-0.2, 0) is 9.53 Å². The number of hydrogen-bond donors (Lipinski definition) is 2.